The van der Waals surface area contributed by atoms with Gasteiger partial charge in [-0.2, -0.15) is 0 Å². The van der Waals surface area contributed by atoms with Gasteiger partial charge in [-0.05, 0) is 39.2 Å². The first-order valence-electron chi connectivity index (χ1n) is 7.74. The second-order valence-corrected chi connectivity index (χ2v) is 5.79. The van der Waals surface area contributed by atoms with Crippen molar-refractivity contribution in [3.63, 3.8) is 0 Å². The van der Waals surface area contributed by atoms with Crippen LogP contribution in [0, 0.1) is 0 Å². The van der Waals surface area contributed by atoms with E-state index in [0.717, 1.165) is 51.6 Å². The largest absolute Gasteiger partial charge is 0.350 e. The van der Waals surface area contributed by atoms with Gasteiger partial charge in [0.15, 0.2) is 0 Å². The Morgan fingerprint density at radius 1 is 1.25 bits per heavy atom. The van der Waals surface area contributed by atoms with Gasteiger partial charge in [0, 0.05) is 19.1 Å². The third-order valence-corrected chi connectivity index (χ3v) is 4.21. The van der Waals surface area contributed by atoms with Crippen LogP contribution in [0.2, 0.25) is 0 Å². The highest BCUT2D eigenvalue weighted by molar-refractivity contribution is 5.91. The molecule has 4 N–H and O–H groups in total. The van der Waals surface area contributed by atoms with Gasteiger partial charge in [0.1, 0.15) is 5.54 Å². The Kier molecular flexibility index (Phi) is 5.23. The zero-order chi connectivity index (χ0) is 14.4. The first-order chi connectivity index (χ1) is 9.66. The molecule has 0 unspecified atom stereocenters. The SMILES string of the molecule is CCNC(=O)NC1(C(=O)N[C@H]2CCCNC2)CCCC1. The fraction of sp³-hybridized carbons (Fsp3) is 0.857. The normalized spacial score (nSPS) is 24.9. The third-order valence-electron chi connectivity index (χ3n) is 4.21. The van der Waals surface area contributed by atoms with Crippen molar-refractivity contribution in [2.24, 2.45) is 0 Å². The molecule has 1 saturated carbocycles. The molecule has 1 saturated heterocycles. The summed E-state index contributed by atoms with van der Waals surface area (Å²) < 4.78 is 0. The van der Waals surface area contributed by atoms with E-state index in [9.17, 15) is 9.59 Å². The average molecular weight is 282 g/mol. The molecule has 1 aliphatic carbocycles. The topological polar surface area (TPSA) is 82.3 Å². The van der Waals surface area contributed by atoms with Gasteiger partial charge in [-0.15, -0.1) is 0 Å². The zero-order valence-corrected chi connectivity index (χ0v) is 12.3. The lowest BCUT2D eigenvalue weighted by atomic mass is 9.95. The minimum Gasteiger partial charge on any atom is -0.350 e. The van der Waals surface area contributed by atoms with Crippen molar-refractivity contribution in [1.82, 2.24) is 21.3 Å². The van der Waals surface area contributed by atoms with Gasteiger partial charge in [-0.25, -0.2) is 4.79 Å². The Hall–Kier alpha value is -1.30. The molecule has 1 atom stereocenters. The lowest BCUT2D eigenvalue weighted by Crippen LogP contribution is -2.61. The van der Waals surface area contributed by atoms with Crippen LogP contribution >= 0.6 is 0 Å². The molecule has 6 heteroatoms. The van der Waals surface area contributed by atoms with Gasteiger partial charge < -0.3 is 21.3 Å². The van der Waals surface area contributed by atoms with E-state index in [1.807, 2.05) is 6.92 Å². The molecular weight excluding hydrogens is 256 g/mol. The van der Waals surface area contributed by atoms with Gasteiger partial charge in [-0.1, -0.05) is 12.8 Å². The molecule has 0 aromatic rings. The van der Waals surface area contributed by atoms with Crippen LogP contribution in [-0.4, -0.2) is 43.2 Å². The maximum Gasteiger partial charge on any atom is 0.315 e. The van der Waals surface area contributed by atoms with E-state index in [1.165, 1.54) is 0 Å². The van der Waals surface area contributed by atoms with Gasteiger partial charge >= 0.3 is 6.03 Å². The molecule has 2 aliphatic rings. The van der Waals surface area contributed by atoms with Gasteiger partial charge in [0.05, 0.1) is 0 Å². The second-order valence-electron chi connectivity index (χ2n) is 5.79. The molecule has 2 rings (SSSR count). The summed E-state index contributed by atoms with van der Waals surface area (Å²) in [6.07, 6.45) is 5.54. The van der Waals surface area contributed by atoms with Crippen LogP contribution < -0.4 is 21.3 Å². The van der Waals surface area contributed by atoms with Crippen molar-refractivity contribution >= 4 is 11.9 Å². The average Bonchev–Trinajstić information content (AvgIpc) is 2.90. The number of carbonyl (C=O) groups excluding carboxylic acids is 2. The van der Waals surface area contributed by atoms with Crippen molar-refractivity contribution in [1.29, 1.82) is 0 Å². The summed E-state index contributed by atoms with van der Waals surface area (Å²) in [6.45, 7) is 4.28. The van der Waals surface area contributed by atoms with E-state index in [4.69, 9.17) is 0 Å². The number of nitrogens with one attached hydrogen (secondary N) is 4. The Morgan fingerprint density at radius 2 is 2.00 bits per heavy atom. The predicted octanol–water partition coefficient (Wildman–Crippen LogP) is 0.487. The van der Waals surface area contributed by atoms with E-state index in [1.54, 1.807) is 0 Å². The van der Waals surface area contributed by atoms with Crippen molar-refractivity contribution < 1.29 is 9.59 Å². The highest BCUT2D eigenvalue weighted by Gasteiger charge is 2.43. The lowest BCUT2D eigenvalue weighted by Gasteiger charge is -2.32. The second kappa shape index (κ2) is 6.92. The molecule has 0 radical (unpaired) electrons. The number of rotatable bonds is 4. The van der Waals surface area contributed by atoms with Crippen molar-refractivity contribution in [2.75, 3.05) is 19.6 Å². The highest BCUT2D eigenvalue weighted by Crippen LogP contribution is 2.30. The van der Waals surface area contributed by atoms with E-state index in [-0.39, 0.29) is 18.0 Å². The van der Waals surface area contributed by atoms with E-state index in [2.05, 4.69) is 21.3 Å². The summed E-state index contributed by atoms with van der Waals surface area (Å²) in [5.74, 6) is -0.0186. The summed E-state index contributed by atoms with van der Waals surface area (Å²) in [5, 5.41) is 12.0. The summed E-state index contributed by atoms with van der Waals surface area (Å²) in [6, 6.07) is -0.0592. The Balaban J connectivity index is 1.95. The maximum atomic E-state index is 12.6. The van der Waals surface area contributed by atoms with Crippen LogP contribution in [0.1, 0.15) is 45.4 Å². The number of hydrogen-bond donors (Lipinski definition) is 4. The Bertz CT molecular complexity index is 347. The van der Waals surface area contributed by atoms with E-state index >= 15 is 0 Å². The van der Waals surface area contributed by atoms with Crippen LogP contribution in [0.15, 0.2) is 0 Å². The predicted molar refractivity (Wildman–Crippen MR) is 77.4 cm³/mol. The molecule has 114 valence electrons. The molecule has 2 fully saturated rings. The minimum atomic E-state index is -0.712. The zero-order valence-electron chi connectivity index (χ0n) is 12.3. The van der Waals surface area contributed by atoms with Crippen LogP contribution in [-0.2, 0) is 4.79 Å². The molecule has 0 aromatic carbocycles. The van der Waals surface area contributed by atoms with Gasteiger partial charge in [0.2, 0.25) is 5.91 Å². The Labute approximate surface area is 120 Å². The molecule has 1 aliphatic heterocycles. The number of carbonyl (C=O) groups is 2. The number of piperidine rings is 1. The number of hydrogen-bond acceptors (Lipinski definition) is 3. The molecule has 0 bridgehead atoms. The summed E-state index contributed by atoms with van der Waals surface area (Å²) in [5.41, 5.74) is -0.712. The molecule has 0 aromatic heterocycles. The van der Waals surface area contributed by atoms with E-state index < -0.39 is 5.54 Å². The van der Waals surface area contributed by atoms with Gasteiger partial charge in [-0.3, -0.25) is 4.79 Å². The fourth-order valence-electron chi connectivity index (χ4n) is 3.11. The summed E-state index contributed by atoms with van der Waals surface area (Å²) in [4.78, 5) is 24.4. The minimum absolute atomic E-state index is 0.0186. The highest BCUT2D eigenvalue weighted by atomic mass is 16.2. The fourth-order valence-corrected chi connectivity index (χ4v) is 3.11. The molecular formula is C14H26N4O2. The molecule has 3 amide bonds. The maximum absolute atomic E-state index is 12.6. The van der Waals surface area contributed by atoms with Gasteiger partial charge in [0.25, 0.3) is 0 Å². The molecule has 6 nitrogen and oxygen atoms in total. The van der Waals surface area contributed by atoms with E-state index in [0.29, 0.717) is 6.54 Å². The van der Waals surface area contributed by atoms with Crippen LogP contribution in [0.5, 0.6) is 0 Å². The molecule has 0 spiro atoms. The number of amides is 3. The van der Waals surface area contributed by atoms with Crippen LogP contribution in [0.3, 0.4) is 0 Å². The van der Waals surface area contributed by atoms with Crippen LogP contribution in [0.25, 0.3) is 0 Å². The van der Waals surface area contributed by atoms with Crippen LogP contribution in [0.4, 0.5) is 4.79 Å². The Morgan fingerprint density at radius 3 is 2.60 bits per heavy atom. The molecule has 1 heterocycles. The summed E-state index contributed by atoms with van der Waals surface area (Å²) >= 11 is 0. The monoisotopic (exact) mass is 282 g/mol. The smallest absolute Gasteiger partial charge is 0.315 e. The van der Waals surface area contributed by atoms with Crippen molar-refractivity contribution in [2.45, 2.75) is 57.0 Å². The first kappa shape index (κ1) is 15.1. The van der Waals surface area contributed by atoms with Crippen molar-refractivity contribution in [3.8, 4) is 0 Å². The third kappa shape index (κ3) is 3.62. The van der Waals surface area contributed by atoms with Crippen molar-refractivity contribution in [3.05, 3.63) is 0 Å². The lowest BCUT2D eigenvalue weighted by molar-refractivity contribution is -0.128. The molecule has 20 heavy (non-hydrogen) atoms. The standard InChI is InChI=1S/C14H26N4O2/c1-2-16-13(20)18-14(7-3-4-8-14)12(19)17-11-6-5-9-15-10-11/h11,15H,2-10H2,1H3,(H,17,19)(H2,16,18,20)/t11-/m0/s1. The first-order valence-corrected chi connectivity index (χ1v) is 7.74. The summed E-state index contributed by atoms with van der Waals surface area (Å²) in [7, 11) is 0. The number of urea groups is 1. The quantitative estimate of drug-likeness (QED) is 0.605.